The van der Waals surface area contributed by atoms with Crippen molar-refractivity contribution in [2.24, 2.45) is 5.73 Å². The van der Waals surface area contributed by atoms with Crippen LogP contribution in [-0.2, 0) is 16.1 Å². The zero-order valence-corrected chi connectivity index (χ0v) is 17.9. The molecule has 166 valence electrons. The van der Waals surface area contributed by atoms with Gasteiger partial charge in [0.1, 0.15) is 23.5 Å². The number of primary amides is 1. The monoisotopic (exact) mass is 428 g/mol. The fourth-order valence-electron chi connectivity index (χ4n) is 3.90. The molecular weight excluding hydrogens is 399 g/mol. The highest BCUT2D eigenvalue weighted by Crippen LogP contribution is 2.31. The predicted molar refractivity (Wildman–Crippen MR) is 116 cm³/mol. The van der Waals surface area contributed by atoms with Crippen LogP contribution in [0.25, 0.3) is 11.0 Å². The first-order valence-electron chi connectivity index (χ1n) is 10.7. The van der Waals surface area contributed by atoms with Crippen molar-refractivity contribution in [1.82, 2.24) is 14.9 Å². The Morgan fingerprint density at radius 1 is 1.39 bits per heavy atom. The number of hydrogen-bond acceptors (Lipinski definition) is 5. The van der Waals surface area contributed by atoms with Gasteiger partial charge >= 0.3 is 0 Å². The first-order valence-corrected chi connectivity index (χ1v) is 10.7. The summed E-state index contributed by atoms with van der Waals surface area (Å²) in [5.41, 5.74) is 6.50. The van der Waals surface area contributed by atoms with Crippen molar-refractivity contribution in [3.63, 3.8) is 0 Å². The number of imidazole rings is 1. The number of fused-ring (bicyclic) bond motifs is 1. The van der Waals surface area contributed by atoms with Gasteiger partial charge in [-0.3, -0.25) is 10.1 Å². The molecule has 1 unspecified atom stereocenters. The highest BCUT2D eigenvalue weighted by molar-refractivity contribution is 5.83. The topological polar surface area (TPSA) is 91.4 Å². The Kier molecular flexibility index (Phi) is 6.11. The maximum atomic E-state index is 13.2. The minimum Gasteiger partial charge on any atom is -0.486 e. The average molecular weight is 429 g/mol. The summed E-state index contributed by atoms with van der Waals surface area (Å²) in [7, 11) is 0. The van der Waals surface area contributed by atoms with Gasteiger partial charge in [0.2, 0.25) is 5.91 Å². The molecule has 2 aromatic rings. The summed E-state index contributed by atoms with van der Waals surface area (Å²) >= 11 is 0. The molecule has 0 radical (unpaired) electrons. The highest BCUT2D eigenvalue weighted by atomic mass is 19.1. The molecule has 1 aliphatic carbocycles. The Labute approximate surface area is 181 Å². The minimum absolute atomic E-state index is 0.200. The Morgan fingerprint density at radius 3 is 2.84 bits per heavy atom. The summed E-state index contributed by atoms with van der Waals surface area (Å²) in [6.45, 7) is 5.33. The van der Waals surface area contributed by atoms with E-state index in [9.17, 15) is 9.18 Å². The predicted octanol–water partition coefficient (Wildman–Crippen LogP) is 3.30. The smallest absolute Gasteiger partial charge is 0.237 e. The molecule has 2 heterocycles. The highest BCUT2D eigenvalue weighted by Gasteiger charge is 2.27. The summed E-state index contributed by atoms with van der Waals surface area (Å²) in [5.74, 6) is 0.908. The van der Waals surface area contributed by atoms with Crippen molar-refractivity contribution < 1.29 is 18.7 Å². The quantitative estimate of drug-likeness (QED) is 0.706. The average Bonchev–Trinajstić information content (AvgIpc) is 3.12. The van der Waals surface area contributed by atoms with E-state index >= 15 is 0 Å². The number of nitrogens with two attached hydrogens (primary N) is 1. The minimum atomic E-state index is -0.844. The van der Waals surface area contributed by atoms with Crippen molar-refractivity contribution in [1.29, 1.82) is 0 Å². The van der Waals surface area contributed by atoms with Crippen LogP contribution in [0.1, 0.15) is 45.0 Å². The van der Waals surface area contributed by atoms with E-state index in [2.05, 4.69) is 9.88 Å². The number of carbonyl (C=O) groups is 1. The third-order valence-corrected chi connectivity index (χ3v) is 5.90. The van der Waals surface area contributed by atoms with Crippen molar-refractivity contribution >= 4 is 16.9 Å². The number of hydrogen-bond donors (Lipinski definition) is 2. The van der Waals surface area contributed by atoms with Crippen LogP contribution in [0, 0.1) is 0 Å². The van der Waals surface area contributed by atoms with Gasteiger partial charge < -0.3 is 19.8 Å². The molecule has 31 heavy (non-hydrogen) atoms. The fraction of sp³-hybridized carbons (Fsp3) is 0.478. The Morgan fingerprint density at radius 2 is 2.16 bits per heavy atom. The lowest BCUT2D eigenvalue weighted by Crippen LogP contribution is -2.50. The normalized spacial score (nSPS) is 20.1. The third-order valence-electron chi connectivity index (χ3n) is 5.90. The molecule has 1 fully saturated rings. The molecule has 0 bridgehead atoms. The molecule has 0 spiro atoms. The lowest BCUT2D eigenvalue weighted by Gasteiger charge is -2.27. The lowest BCUT2D eigenvalue weighted by molar-refractivity contribution is -0.123. The zero-order valence-electron chi connectivity index (χ0n) is 17.9. The van der Waals surface area contributed by atoms with Crippen LogP contribution >= 0.6 is 0 Å². The number of aromatic nitrogens is 2. The zero-order chi connectivity index (χ0) is 22.0. The fourth-order valence-corrected chi connectivity index (χ4v) is 3.90. The van der Waals surface area contributed by atoms with Crippen LogP contribution in [0.5, 0.6) is 5.75 Å². The van der Waals surface area contributed by atoms with Crippen molar-refractivity contribution in [2.45, 2.75) is 57.3 Å². The molecule has 1 aliphatic heterocycles. The number of amides is 1. The van der Waals surface area contributed by atoms with Gasteiger partial charge in [-0.15, -0.1) is 0 Å². The number of allylic oxidation sites excluding steroid dienone is 2. The van der Waals surface area contributed by atoms with Crippen LogP contribution in [-0.4, -0.2) is 40.3 Å². The van der Waals surface area contributed by atoms with Gasteiger partial charge in [-0.25, -0.2) is 9.37 Å². The molecule has 3 N–H and O–H groups in total. The summed E-state index contributed by atoms with van der Waals surface area (Å²) in [6.07, 6.45) is 6.77. The van der Waals surface area contributed by atoms with Crippen LogP contribution in [0.15, 0.2) is 42.3 Å². The van der Waals surface area contributed by atoms with Crippen LogP contribution in [0.2, 0.25) is 0 Å². The molecule has 2 aliphatic rings. The Hall–Kier alpha value is -2.71. The van der Waals surface area contributed by atoms with Gasteiger partial charge in [0.25, 0.3) is 0 Å². The van der Waals surface area contributed by atoms with E-state index in [0.717, 1.165) is 29.7 Å². The largest absolute Gasteiger partial charge is 0.486 e. The van der Waals surface area contributed by atoms with Crippen molar-refractivity contribution in [3.05, 3.63) is 48.1 Å². The number of halogens is 1. The molecule has 1 atom stereocenters. The number of benzene rings is 1. The molecule has 4 rings (SSSR count). The molecule has 8 heteroatoms. The molecule has 1 amide bonds. The third kappa shape index (κ3) is 4.80. The standard InChI is InChI=1S/C23H29FN4O3/c1-23(2,22(25)29)26-14-21-27-19-8-7-18(31-17-5-3-15(24)4-6-17)13-20(19)28(21)16-9-11-30-12-10-16/h3-5,7-8,13,16-17,26H,6,9-12,14H2,1-2H3,(H2,25,29). The summed E-state index contributed by atoms with van der Waals surface area (Å²) in [6, 6.07) is 6.06. The molecule has 1 saturated heterocycles. The number of nitrogens with one attached hydrogen (secondary N) is 1. The van der Waals surface area contributed by atoms with Gasteiger partial charge in [-0.1, -0.05) is 0 Å². The van der Waals surface area contributed by atoms with Crippen LogP contribution < -0.4 is 15.8 Å². The van der Waals surface area contributed by atoms with E-state index < -0.39 is 11.4 Å². The molecule has 7 nitrogen and oxygen atoms in total. The van der Waals surface area contributed by atoms with E-state index in [1.54, 1.807) is 19.9 Å². The summed E-state index contributed by atoms with van der Waals surface area (Å²) in [5, 5.41) is 3.23. The lowest BCUT2D eigenvalue weighted by atomic mass is 10.1. The van der Waals surface area contributed by atoms with E-state index in [-0.39, 0.29) is 18.0 Å². The van der Waals surface area contributed by atoms with Gasteiger partial charge in [-0.2, -0.15) is 0 Å². The van der Waals surface area contributed by atoms with E-state index in [4.69, 9.17) is 20.2 Å². The first-order chi connectivity index (χ1) is 14.8. The molecule has 1 aromatic carbocycles. The maximum Gasteiger partial charge on any atom is 0.237 e. The number of rotatable bonds is 7. The van der Waals surface area contributed by atoms with Crippen LogP contribution in [0.4, 0.5) is 4.39 Å². The van der Waals surface area contributed by atoms with Crippen molar-refractivity contribution in [3.8, 4) is 5.75 Å². The Balaban J connectivity index is 1.64. The second kappa shape index (κ2) is 8.80. The number of ether oxygens (including phenoxy) is 2. The van der Waals surface area contributed by atoms with Crippen molar-refractivity contribution in [2.75, 3.05) is 13.2 Å². The molecular formula is C23H29FN4O3. The van der Waals surface area contributed by atoms with Gasteiger partial charge in [0.15, 0.2) is 0 Å². The SMILES string of the molecule is CC(C)(NCc1nc2ccc(OC3C=CC(F)=CC3)cc2n1C1CCOCC1)C(N)=O. The molecule has 1 aromatic heterocycles. The van der Waals surface area contributed by atoms with E-state index in [1.165, 1.54) is 12.2 Å². The second-order valence-electron chi connectivity index (χ2n) is 8.58. The van der Waals surface area contributed by atoms with E-state index in [1.807, 2.05) is 18.2 Å². The number of carbonyl (C=O) groups excluding carboxylic acids is 1. The first kappa shape index (κ1) is 21.5. The van der Waals surface area contributed by atoms with Gasteiger partial charge in [-0.05, 0) is 57.0 Å². The van der Waals surface area contributed by atoms with Crippen LogP contribution in [0.3, 0.4) is 0 Å². The maximum absolute atomic E-state index is 13.2. The van der Waals surface area contributed by atoms with Gasteiger partial charge in [0.05, 0.1) is 23.1 Å². The molecule has 0 saturated carbocycles. The van der Waals surface area contributed by atoms with E-state index in [0.29, 0.717) is 31.9 Å². The summed E-state index contributed by atoms with van der Waals surface area (Å²) < 4.78 is 27.1. The number of nitrogens with zero attached hydrogens (tertiary/aromatic N) is 2. The van der Waals surface area contributed by atoms with Gasteiger partial charge in [0, 0.05) is 31.7 Å². The Bertz CT molecular complexity index is 1020. The summed E-state index contributed by atoms with van der Waals surface area (Å²) in [4.78, 5) is 16.5. The second-order valence-corrected chi connectivity index (χ2v) is 8.58.